The number of aryl methyl sites for hydroxylation is 1. The molecule has 0 saturated carbocycles. The summed E-state index contributed by atoms with van der Waals surface area (Å²) in [5.41, 5.74) is 1.66. The van der Waals surface area contributed by atoms with E-state index in [0.29, 0.717) is 5.65 Å². The van der Waals surface area contributed by atoms with E-state index in [4.69, 9.17) is 23.9 Å². The number of carbonyl (C=O) groups excluding carboxylic acids is 3. The van der Waals surface area contributed by atoms with E-state index >= 15 is 0 Å². The summed E-state index contributed by atoms with van der Waals surface area (Å²) >= 11 is 0. The molecule has 1 aliphatic carbocycles. The summed E-state index contributed by atoms with van der Waals surface area (Å²) in [5.74, 6) is -1.95. The second-order valence-electron chi connectivity index (χ2n) is 15.3. The van der Waals surface area contributed by atoms with Crippen molar-refractivity contribution in [3.8, 4) is 17.6 Å². The van der Waals surface area contributed by atoms with E-state index in [-0.39, 0.29) is 39.0 Å². The number of benzene rings is 1. The van der Waals surface area contributed by atoms with Crippen molar-refractivity contribution in [1.82, 2.24) is 9.38 Å². The number of allylic oxidation sites excluding steroid dienone is 2. The van der Waals surface area contributed by atoms with Crippen LogP contribution in [0.5, 0.6) is 5.75 Å². The smallest absolute Gasteiger partial charge is 0.302 e. The number of carbonyl (C=O) groups is 3. The second-order valence-corrected chi connectivity index (χ2v) is 15.3. The van der Waals surface area contributed by atoms with Crippen LogP contribution in [-0.4, -0.2) is 90.9 Å². The number of Topliss-reactive ketones (excluding diaryl/α,β-unsaturated/α-hetero) is 1. The fraction of sp³-hybridized carbons (Fsp3) is 0.442. The van der Waals surface area contributed by atoms with Gasteiger partial charge in [0.15, 0.2) is 17.6 Å². The number of rotatable bonds is 2. The van der Waals surface area contributed by atoms with Crippen LogP contribution >= 0.6 is 0 Å². The van der Waals surface area contributed by atoms with Crippen LogP contribution in [0, 0.1) is 42.4 Å². The number of aliphatic hydroxyl groups is 3. The van der Waals surface area contributed by atoms with Crippen LogP contribution in [0.4, 0.5) is 5.69 Å². The zero-order valence-electron chi connectivity index (χ0n) is 33.4. The molecule has 6 rings (SSSR count). The van der Waals surface area contributed by atoms with Gasteiger partial charge in [0.2, 0.25) is 5.78 Å². The maximum Gasteiger partial charge on any atom is 0.302 e. The highest BCUT2D eigenvalue weighted by atomic mass is 16.7. The van der Waals surface area contributed by atoms with Crippen molar-refractivity contribution >= 4 is 45.6 Å². The maximum absolute atomic E-state index is 13.8. The highest BCUT2D eigenvalue weighted by Gasteiger charge is 2.49. The molecular formula is C43H49N3O11. The zero-order chi connectivity index (χ0) is 41.7. The van der Waals surface area contributed by atoms with Crippen LogP contribution in [0.25, 0.3) is 22.3 Å². The molecule has 3 aromatic rings. The van der Waals surface area contributed by atoms with E-state index in [1.807, 2.05) is 13.0 Å². The Kier molecular flexibility index (Phi) is 11.4. The van der Waals surface area contributed by atoms with E-state index in [9.17, 15) is 34.8 Å². The number of esters is 1. The van der Waals surface area contributed by atoms with Gasteiger partial charge in [-0.05, 0) is 43.5 Å². The minimum atomic E-state index is -1.86. The van der Waals surface area contributed by atoms with Gasteiger partial charge in [0.05, 0.1) is 30.1 Å². The number of aromatic hydroxyl groups is 1. The Morgan fingerprint density at radius 2 is 1.75 bits per heavy atom. The van der Waals surface area contributed by atoms with Crippen molar-refractivity contribution in [3.05, 3.63) is 76.9 Å². The summed E-state index contributed by atoms with van der Waals surface area (Å²) < 4.78 is 25.5. The molecule has 2 aromatic heterocycles. The molecule has 4 bridgehead atoms. The van der Waals surface area contributed by atoms with Gasteiger partial charge < -0.3 is 44.7 Å². The summed E-state index contributed by atoms with van der Waals surface area (Å²) in [5, 5.41) is 49.6. The second kappa shape index (κ2) is 15.8. The third-order valence-corrected chi connectivity index (χ3v) is 11.3. The first-order valence-corrected chi connectivity index (χ1v) is 18.8. The third-order valence-electron chi connectivity index (χ3n) is 11.3. The van der Waals surface area contributed by atoms with Crippen LogP contribution in [0.1, 0.15) is 70.0 Å². The minimum Gasteiger partial charge on any atom is -0.506 e. The molecule has 302 valence electrons. The molecule has 2 aliphatic heterocycles. The average molecular weight is 784 g/mol. The van der Waals surface area contributed by atoms with Crippen molar-refractivity contribution in [2.75, 3.05) is 12.4 Å². The number of fused-ring (bicyclic) bond motifs is 2. The summed E-state index contributed by atoms with van der Waals surface area (Å²) in [6, 6.07) is 3.61. The van der Waals surface area contributed by atoms with Gasteiger partial charge in [-0.1, -0.05) is 51.8 Å². The first kappa shape index (κ1) is 41.2. The molecule has 0 radical (unpaired) electrons. The zero-order valence-corrected chi connectivity index (χ0v) is 33.4. The Labute approximate surface area is 330 Å². The Hall–Kier alpha value is -5.46. The topological polar surface area (TPSA) is 198 Å². The molecule has 1 amide bonds. The molecule has 1 unspecified atom stereocenters. The number of nitrogens with one attached hydrogen (secondary N) is 1. The first-order chi connectivity index (χ1) is 26.9. The van der Waals surface area contributed by atoms with E-state index in [1.165, 1.54) is 33.3 Å². The largest absolute Gasteiger partial charge is 0.506 e. The van der Waals surface area contributed by atoms with Gasteiger partial charge in [-0.25, -0.2) is 4.98 Å². The third kappa shape index (κ3) is 7.44. The number of aromatic nitrogens is 2. The highest BCUT2D eigenvalue weighted by molar-refractivity contribution is 6.22. The predicted molar refractivity (Wildman–Crippen MR) is 211 cm³/mol. The van der Waals surface area contributed by atoms with E-state index in [1.54, 1.807) is 69.5 Å². The lowest BCUT2D eigenvalue weighted by atomic mass is 9.78. The van der Waals surface area contributed by atoms with Gasteiger partial charge in [0.1, 0.15) is 28.5 Å². The maximum atomic E-state index is 13.8. The van der Waals surface area contributed by atoms with Crippen LogP contribution in [0.2, 0.25) is 0 Å². The Morgan fingerprint density at radius 1 is 1.04 bits per heavy atom. The van der Waals surface area contributed by atoms with Gasteiger partial charge in [-0.15, -0.1) is 0 Å². The SMILES string of the molecule is CO[C@H]1/C=C/O[C@@]2(C)OC3C#CC(=O)c4c(O)c(c5c(nc6cc(C)ccn65)c4C3=C2O)NC(=O)/C(C)=C\C=C\[C@H](C)[C@H](O)[C@@H](C)[C@@H](O)[C@@H](C)[C@H](OC(C)=O)[C@@H]1C. The quantitative estimate of drug-likeness (QED) is 0.0977. The molecule has 0 saturated heterocycles. The van der Waals surface area contributed by atoms with Crippen molar-refractivity contribution in [2.45, 2.75) is 91.7 Å². The summed E-state index contributed by atoms with van der Waals surface area (Å²) in [6.07, 6.45) is 4.40. The van der Waals surface area contributed by atoms with E-state index in [2.05, 4.69) is 17.2 Å². The van der Waals surface area contributed by atoms with Crippen LogP contribution in [0.15, 0.2) is 60.2 Å². The van der Waals surface area contributed by atoms with Gasteiger partial charge in [-0.2, -0.15) is 0 Å². The molecule has 5 N–H and O–H groups in total. The van der Waals surface area contributed by atoms with E-state index in [0.717, 1.165) is 5.56 Å². The number of nitrogens with zero attached hydrogens (tertiary/aromatic N) is 2. The Balaban J connectivity index is 1.57. The molecule has 1 aromatic carbocycles. The highest BCUT2D eigenvalue weighted by Crippen LogP contribution is 2.49. The van der Waals surface area contributed by atoms with Crippen molar-refractivity contribution in [1.29, 1.82) is 0 Å². The molecule has 3 aliphatic rings. The number of pyridine rings is 1. The monoisotopic (exact) mass is 783 g/mol. The van der Waals surface area contributed by atoms with Gasteiger partial charge in [-0.3, -0.25) is 18.8 Å². The number of hydrogen-bond acceptors (Lipinski definition) is 12. The minimum absolute atomic E-state index is 0.0491. The van der Waals surface area contributed by atoms with Crippen LogP contribution < -0.4 is 5.32 Å². The number of phenolic OH excluding ortho intramolecular Hbond substituents is 1. The summed E-state index contributed by atoms with van der Waals surface area (Å²) in [4.78, 5) is 44.7. The van der Waals surface area contributed by atoms with E-state index < -0.39 is 89.1 Å². The van der Waals surface area contributed by atoms with Crippen molar-refractivity contribution in [3.63, 3.8) is 0 Å². The van der Waals surface area contributed by atoms with Gasteiger partial charge >= 0.3 is 5.97 Å². The number of methoxy groups -OCH3 is 1. The first-order valence-electron chi connectivity index (χ1n) is 18.8. The number of amides is 1. The Morgan fingerprint density at radius 3 is 2.44 bits per heavy atom. The molecule has 4 heterocycles. The summed E-state index contributed by atoms with van der Waals surface area (Å²) in [7, 11) is 1.46. The molecular weight excluding hydrogens is 734 g/mol. The molecule has 14 nitrogen and oxygen atoms in total. The lowest BCUT2D eigenvalue weighted by molar-refractivity contribution is -0.175. The van der Waals surface area contributed by atoms with Crippen molar-refractivity contribution < 1.29 is 53.8 Å². The van der Waals surface area contributed by atoms with Gasteiger partial charge in [0.25, 0.3) is 11.7 Å². The molecule has 0 spiro atoms. The Bertz CT molecular complexity index is 2330. The molecule has 0 fully saturated rings. The number of aliphatic hydroxyl groups excluding tert-OH is 3. The lowest BCUT2D eigenvalue weighted by Crippen LogP contribution is -2.46. The molecule has 10 atom stereocenters. The number of anilines is 1. The number of phenols is 1. The number of ether oxygens (including phenoxy) is 4. The predicted octanol–water partition coefficient (Wildman–Crippen LogP) is 5.28. The standard InChI is InChI=1S/C43H49N3O11/c1-20-15-17-46-30(19-20)44-34-33-31-27(48)13-14-29-32(33)41(52)43(8,57-29)55-18-16-28(54-9)23(4)40(56-26(7)47)25(6)38(50)24(5)37(49)21(2)11-10-12-22(3)42(53)45-35(36(34)46)39(31)51/h10-12,15-19,21,23-25,28-29,37-38,40,49-52H,1-9H3,(H,45,53)/b11-10+,18-16+,22-12-/t21-,23+,24+,25+,28-,29?,37-,38+,40+,43-/m0/s1. The normalized spacial score (nSPS) is 33.1. The fourth-order valence-electron chi connectivity index (χ4n) is 7.89. The van der Waals surface area contributed by atoms with Crippen molar-refractivity contribution in [2.24, 2.45) is 23.7 Å². The number of imidazole rings is 1. The fourth-order valence-corrected chi connectivity index (χ4v) is 7.89. The average Bonchev–Trinajstić information content (AvgIpc) is 3.61. The van der Waals surface area contributed by atoms with Crippen LogP contribution in [-0.2, 0) is 28.5 Å². The molecule has 57 heavy (non-hydrogen) atoms. The number of hydrogen-bond donors (Lipinski definition) is 5. The molecule has 14 heteroatoms. The number of ketones is 1. The van der Waals surface area contributed by atoms with Crippen LogP contribution in [0.3, 0.4) is 0 Å². The summed E-state index contributed by atoms with van der Waals surface area (Å²) in [6.45, 7) is 13.2. The lowest BCUT2D eigenvalue weighted by Gasteiger charge is -2.38. The van der Waals surface area contributed by atoms with Gasteiger partial charge in [0, 0.05) is 67.5 Å².